The van der Waals surface area contributed by atoms with Crippen molar-refractivity contribution in [2.45, 2.75) is 40.5 Å². The van der Waals surface area contributed by atoms with E-state index in [4.69, 9.17) is 9.47 Å². The zero-order valence-corrected chi connectivity index (χ0v) is 19.1. The van der Waals surface area contributed by atoms with Gasteiger partial charge in [0.05, 0.1) is 18.6 Å². The van der Waals surface area contributed by atoms with Crippen LogP contribution in [-0.2, 0) is 0 Å². The Morgan fingerprint density at radius 3 is 2.52 bits per heavy atom. The highest BCUT2D eigenvalue weighted by molar-refractivity contribution is 7.20. The van der Waals surface area contributed by atoms with E-state index in [1.807, 2.05) is 20.8 Å². The van der Waals surface area contributed by atoms with Crippen LogP contribution in [0.1, 0.15) is 56.9 Å². The summed E-state index contributed by atoms with van der Waals surface area (Å²) < 4.78 is 11.0. The molecule has 9 heteroatoms. The molecule has 3 rings (SSSR count). The van der Waals surface area contributed by atoms with Gasteiger partial charge in [0.15, 0.2) is 11.5 Å². The predicted molar refractivity (Wildman–Crippen MR) is 120 cm³/mol. The molecular weight excluding hydrogens is 416 g/mol. The van der Waals surface area contributed by atoms with Crippen LogP contribution in [0.3, 0.4) is 0 Å². The molecule has 0 spiro atoms. The molecule has 2 amide bonds. The standard InChI is InChI=1S/C22H26N4O4S/c1-6-7-10-30-16-9-8-15(11-17(16)29-5)20(27)25-26-21(28)19-12(2)18-13(3)23-14(4)24-22(18)31-19/h8-9,11H,6-7,10H2,1-5H3,(H,25,27)(H,26,28). The number of thiophene rings is 1. The van der Waals surface area contributed by atoms with Crippen molar-refractivity contribution in [2.75, 3.05) is 13.7 Å². The molecule has 2 N–H and O–H groups in total. The van der Waals surface area contributed by atoms with E-state index in [0.29, 0.717) is 34.4 Å². The predicted octanol–water partition coefficient (Wildman–Crippen LogP) is 3.88. The molecule has 31 heavy (non-hydrogen) atoms. The lowest BCUT2D eigenvalue weighted by Crippen LogP contribution is -2.41. The van der Waals surface area contributed by atoms with Gasteiger partial charge in [-0.2, -0.15) is 0 Å². The fraction of sp³-hybridized carbons (Fsp3) is 0.364. The van der Waals surface area contributed by atoms with E-state index in [2.05, 4.69) is 27.7 Å². The third-order valence-corrected chi connectivity index (χ3v) is 5.94. The molecule has 0 saturated carbocycles. The number of rotatable bonds is 7. The number of fused-ring (bicyclic) bond motifs is 1. The van der Waals surface area contributed by atoms with Crippen LogP contribution in [0.15, 0.2) is 18.2 Å². The molecule has 164 valence electrons. The number of ether oxygens (including phenoxy) is 2. The average molecular weight is 443 g/mol. The minimum Gasteiger partial charge on any atom is -0.493 e. The molecule has 0 aliphatic rings. The smallest absolute Gasteiger partial charge is 0.280 e. The molecule has 0 saturated heterocycles. The van der Waals surface area contributed by atoms with Gasteiger partial charge in [0.25, 0.3) is 11.8 Å². The molecule has 3 aromatic rings. The summed E-state index contributed by atoms with van der Waals surface area (Å²) in [6.45, 7) is 8.22. The van der Waals surface area contributed by atoms with Gasteiger partial charge in [0, 0.05) is 16.6 Å². The van der Waals surface area contributed by atoms with Gasteiger partial charge in [-0.1, -0.05) is 13.3 Å². The molecule has 0 aliphatic carbocycles. The van der Waals surface area contributed by atoms with E-state index in [1.54, 1.807) is 18.2 Å². The highest BCUT2D eigenvalue weighted by atomic mass is 32.1. The number of hydrogen-bond donors (Lipinski definition) is 2. The fourth-order valence-electron chi connectivity index (χ4n) is 3.19. The molecule has 2 aromatic heterocycles. The first-order valence-electron chi connectivity index (χ1n) is 10.0. The topological polar surface area (TPSA) is 102 Å². The molecule has 0 unspecified atom stereocenters. The highest BCUT2D eigenvalue weighted by Crippen LogP contribution is 2.31. The Kier molecular flexibility index (Phi) is 7.06. The monoisotopic (exact) mass is 442 g/mol. The summed E-state index contributed by atoms with van der Waals surface area (Å²) >= 11 is 1.27. The number of aromatic nitrogens is 2. The maximum atomic E-state index is 12.7. The van der Waals surface area contributed by atoms with Gasteiger partial charge < -0.3 is 9.47 Å². The number of aryl methyl sites for hydroxylation is 3. The van der Waals surface area contributed by atoms with Crippen molar-refractivity contribution in [1.29, 1.82) is 0 Å². The molecule has 0 aliphatic heterocycles. The number of hydrogen-bond acceptors (Lipinski definition) is 7. The number of nitrogens with zero attached hydrogens (tertiary/aromatic N) is 2. The minimum absolute atomic E-state index is 0.338. The van der Waals surface area contributed by atoms with E-state index < -0.39 is 11.8 Å². The van der Waals surface area contributed by atoms with Crippen LogP contribution in [0.4, 0.5) is 0 Å². The van der Waals surface area contributed by atoms with Crippen molar-refractivity contribution in [1.82, 2.24) is 20.8 Å². The first-order valence-corrected chi connectivity index (χ1v) is 10.8. The lowest BCUT2D eigenvalue weighted by Gasteiger charge is -2.12. The maximum Gasteiger partial charge on any atom is 0.280 e. The molecule has 0 bridgehead atoms. The Balaban J connectivity index is 1.70. The molecule has 0 radical (unpaired) electrons. The number of carbonyl (C=O) groups is 2. The van der Waals surface area contributed by atoms with Gasteiger partial charge in [0.1, 0.15) is 10.7 Å². The summed E-state index contributed by atoms with van der Waals surface area (Å²) in [5.41, 5.74) is 6.89. The molecule has 1 aromatic carbocycles. The van der Waals surface area contributed by atoms with E-state index >= 15 is 0 Å². The lowest BCUT2D eigenvalue weighted by atomic mass is 10.1. The van der Waals surface area contributed by atoms with Crippen molar-refractivity contribution in [2.24, 2.45) is 0 Å². The van der Waals surface area contributed by atoms with Crippen LogP contribution in [0.2, 0.25) is 0 Å². The van der Waals surface area contributed by atoms with Crippen LogP contribution in [0.25, 0.3) is 10.2 Å². The van der Waals surface area contributed by atoms with Crippen molar-refractivity contribution in [3.05, 3.63) is 45.7 Å². The van der Waals surface area contributed by atoms with Gasteiger partial charge in [-0.15, -0.1) is 11.3 Å². The SMILES string of the molecule is CCCCOc1ccc(C(=O)NNC(=O)c2sc3nc(C)nc(C)c3c2C)cc1OC. The largest absolute Gasteiger partial charge is 0.493 e. The van der Waals surface area contributed by atoms with Gasteiger partial charge in [-0.05, 0) is 51.0 Å². The Labute approximate surface area is 185 Å². The number of unbranched alkanes of at least 4 members (excludes halogenated alkanes) is 1. The van der Waals surface area contributed by atoms with E-state index in [-0.39, 0.29) is 0 Å². The summed E-state index contributed by atoms with van der Waals surface area (Å²) in [7, 11) is 1.52. The van der Waals surface area contributed by atoms with Crippen LogP contribution in [0, 0.1) is 20.8 Å². The number of amides is 2. The number of hydrazine groups is 1. The van der Waals surface area contributed by atoms with Crippen molar-refractivity contribution in [3.8, 4) is 11.5 Å². The van der Waals surface area contributed by atoms with Crippen molar-refractivity contribution in [3.63, 3.8) is 0 Å². The third kappa shape index (κ3) is 4.93. The summed E-state index contributed by atoms with van der Waals surface area (Å²) in [4.78, 5) is 35.2. The molecular formula is C22H26N4O4S. The van der Waals surface area contributed by atoms with Crippen LogP contribution >= 0.6 is 11.3 Å². The average Bonchev–Trinajstić information content (AvgIpc) is 3.08. The van der Waals surface area contributed by atoms with E-state index in [9.17, 15) is 9.59 Å². The Morgan fingerprint density at radius 1 is 1.06 bits per heavy atom. The normalized spacial score (nSPS) is 10.7. The van der Waals surface area contributed by atoms with Crippen LogP contribution < -0.4 is 20.3 Å². The second-order valence-corrected chi connectivity index (χ2v) is 8.07. The second kappa shape index (κ2) is 9.74. The minimum atomic E-state index is -0.461. The zero-order valence-electron chi connectivity index (χ0n) is 18.3. The Bertz CT molecular complexity index is 1130. The Morgan fingerprint density at radius 2 is 1.81 bits per heavy atom. The fourth-order valence-corrected chi connectivity index (χ4v) is 4.36. The lowest BCUT2D eigenvalue weighted by molar-refractivity contribution is 0.0848. The third-order valence-electron chi connectivity index (χ3n) is 4.76. The number of benzene rings is 1. The van der Waals surface area contributed by atoms with Crippen molar-refractivity contribution >= 4 is 33.4 Å². The molecule has 0 fully saturated rings. The summed E-state index contributed by atoms with van der Waals surface area (Å²) in [5, 5.41) is 0.871. The summed E-state index contributed by atoms with van der Waals surface area (Å²) in [6, 6.07) is 4.89. The van der Waals surface area contributed by atoms with Gasteiger partial charge in [-0.25, -0.2) is 9.97 Å². The summed E-state index contributed by atoms with van der Waals surface area (Å²) in [6.07, 6.45) is 1.95. The molecule has 2 heterocycles. The Hall–Kier alpha value is -3.20. The van der Waals surface area contributed by atoms with E-state index in [1.165, 1.54) is 18.4 Å². The zero-order chi connectivity index (χ0) is 22.5. The highest BCUT2D eigenvalue weighted by Gasteiger charge is 2.19. The molecule has 8 nitrogen and oxygen atoms in total. The van der Waals surface area contributed by atoms with Crippen molar-refractivity contribution < 1.29 is 19.1 Å². The summed E-state index contributed by atoms with van der Waals surface area (Å²) in [5.74, 6) is 0.821. The number of carbonyl (C=O) groups excluding carboxylic acids is 2. The van der Waals surface area contributed by atoms with Crippen LogP contribution in [0.5, 0.6) is 11.5 Å². The first-order chi connectivity index (χ1) is 14.8. The quantitative estimate of drug-likeness (QED) is 0.425. The van der Waals surface area contributed by atoms with Gasteiger partial charge >= 0.3 is 0 Å². The maximum absolute atomic E-state index is 12.7. The second-order valence-electron chi connectivity index (χ2n) is 7.07. The van der Waals surface area contributed by atoms with Crippen LogP contribution in [-0.4, -0.2) is 35.5 Å². The first kappa shape index (κ1) is 22.5. The van der Waals surface area contributed by atoms with Gasteiger partial charge in [-0.3, -0.25) is 20.4 Å². The number of nitrogens with one attached hydrogen (secondary N) is 2. The van der Waals surface area contributed by atoms with E-state index in [0.717, 1.165) is 34.3 Å². The number of methoxy groups -OCH3 is 1. The molecule has 0 atom stereocenters. The van der Waals surface area contributed by atoms with Gasteiger partial charge in [0.2, 0.25) is 0 Å².